The first-order chi connectivity index (χ1) is 7.75. The number of ketones is 1. The second-order valence-electron chi connectivity index (χ2n) is 3.86. The number of carbonyl (C=O) groups excluding carboxylic acids is 1. The maximum atomic E-state index is 13.1. The molecule has 3 nitrogen and oxygen atoms in total. The van der Waals surface area contributed by atoms with Crippen molar-refractivity contribution in [2.24, 2.45) is 0 Å². The maximum absolute atomic E-state index is 13.1. The Balaban J connectivity index is 2.18. The maximum Gasteiger partial charge on any atom is 0.167 e. The van der Waals surface area contributed by atoms with Gasteiger partial charge in [-0.1, -0.05) is 12.1 Å². The minimum Gasteiger partial charge on any atom is -0.294 e. The molecular formula is C12H9FN2O. The van der Waals surface area contributed by atoms with E-state index in [1.165, 1.54) is 12.1 Å². The number of rotatable bonds is 1. The normalized spacial score (nSPS) is 14.2. The highest BCUT2D eigenvalue weighted by Crippen LogP contribution is 2.30. The molecule has 0 amide bonds. The van der Waals surface area contributed by atoms with Gasteiger partial charge < -0.3 is 0 Å². The first-order valence-electron chi connectivity index (χ1n) is 5.12. The van der Waals surface area contributed by atoms with Crippen LogP contribution in [0.5, 0.6) is 0 Å². The van der Waals surface area contributed by atoms with Gasteiger partial charge >= 0.3 is 0 Å². The van der Waals surface area contributed by atoms with Crippen LogP contribution < -0.4 is 0 Å². The van der Waals surface area contributed by atoms with Crippen molar-refractivity contribution < 1.29 is 9.18 Å². The standard InChI is InChI=1S/C12H9FN2O/c13-8-3-1-2-7(6-8)12-11-9(14-15-12)4-5-10(11)16/h1-3,6H,4-5H2,(H,14,15). The van der Waals surface area contributed by atoms with Crippen LogP contribution in [0.1, 0.15) is 22.5 Å². The number of H-pyrrole nitrogens is 1. The predicted molar refractivity (Wildman–Crippen MR) is 56.6 cm³/mol. The number of nitrogens with one attached hydrogen (secondary N) is 1. The van der Waals surface area contributed by atoms with Gasteiger partial charge in [0.15, 0.2) is 5.78 Å². The van der Waals surface area contributed by atoms with Crippen LogP contribution in [0.3, 0.4) is 0 Å². The van der Waals surface area contributed by atoms with Crippen molar-refractivity contribution in [3.05, 3.63) is 41.3 Å². The van der Waals surface area contributed by atoms with Crippen LogP contribution in [-0.4, -0.2) is 16.0 Å². The third kappa shape index (κ3) is 1.26. The van der Waals surface area contributed by atoms with E-state index < -0.39 is 0 Å². The molecule has 1 aromatic heterocycles. The monoisotopic (exact) mass is 216 g/mol. The van der Waals surface area contributed by atoms with Crippen LogP contribution in [0.25, 0.3) is 11.3 Å². The zero-order valence-electron chi connectivity index (χ0n) is 8.46. The Hall–Kier alpha value is -1.97. The van der Waals surface area contributed by atoms with Crippen molar-refractivity contribution in [2.45, 2.75) is 12.8 Å². The molecule has 0 aliphatic heterocycles. The molecule has 1 heterocycles. The fourth-order valence-corrected chi connectivity index (χ4v) is 2.07. The van der Waals surface area contributed by atoms with Gasteiger partial charge in [0.25, 0.3) is 0 Å². The van der Waals surface area contributed by atoms with E-state index in [1.54, 1.807) is 12.1 Å². The fraction of sp³-hybridized carbons (Fsp3) is 0.167. The molecule has 0 unspecified atom stereocenters. The van der Waals surface area contributed by atoms with Gasteiger partial charge in [0.05, 0.1) is 5.56 Å². The average molecular weight is 216 g/mol. The summed E-state index contributed by atoms with van der Waals surface area (Å²) in [6.07, 6.45) is 1.22. The smallest absolute Gasteiger partial charge is 0.167 e. The summed E-state index contributed by atoms with van der Waals surface area (Å²) in [4.78, 5) is 11.7. The second kappa shape index (κ2) is 3.27. The number of carbonyl (C=O) groups is 1. The first kappa shape index (κ1) is 9.27. The SMILES string of the molecule is O=C1CCc2[nH]nc(-c3cccc(F)c3)c21. The van der Waals surface area contributed by atoms with Crippen LogP contribution in [0.15, 0.2) is 24.3 Å². The summed E-state index contributed by atoms with van der Waals surface area (Å²) in [7, 11) is 0. The molecule has 0 bridgehead atoms. The molecule has 16 heavy (non-hydrogen) atoms. The largest absolute Gasteiger partial charge is 0.294 e. The zero-order valence-corrected chi connectivity index (χ0v) is 8.46. The van der Waals surface area contributed by atoms with Crippen molar-refractivity contribution in [2.75, 3.05) is 0 Å². The van der Waals surface area contributed by atoms with Crippen molar-refractivity contribution in [1.29, 1.82) is 0 Å². The summed E-state index contributed by atoms with van der Waals surface area (Å²) >= 11 is 0. The van der Waals surface area contributed by atoms with Crippen LogP contribution in [-0.2, 0) is 6.42 Å². The van der Waals surface area contributed by atoms with E-state index >= 15 is 0 Å². The van der Waals surface area contributed by atoms with Gasteiger partial charge in [-0.25, -0.2) is 4.39 Å². The first-order valence-corrected chi connectivity index (χ1v) is 5.12. The topological polar surface area (TPSA) is 45.8 Å². The molecule has 1 aliphatic carbocycles. The molecule has 0 fully saturated rings. The van der Waals surface area contributed by atoms with Crippen molar-refractivity contribution in [3.63, 3.8) is 0 Å². The summed E-state index contributed by atoms with van der Waals surface area (Å²) in [6, 6.07) is 6.14. The Morgan fingerprint density at radius 3 is 3.00 bits per heavy atom. The summed E-state index contributed by atoms with van der Waals surface area (Å²) < 4.78 is 13.1. The molecule has 0 spiro atoms. The molecule has 0 saturated carbocycles. The summed E-state index contributed by atoms with van der Waals surface area (Å²) in [5.74, 6) is -0.234. The van der Waals surface area contributed by atoms with Gasteiger partial charge in [0, 0.05) is 17.7 Å². The predicted octanol–water partition coefficient (Wildman–Crippen LogP) is 2.34. The van der Waals surface area contributed by atoms with E-state index in [9.17, 15) is 9.18 Å². The Morgan fingerprint density at radius 1 is 1.31 bits per heavy atom. The summed E-state index contributed by atoms with van der Waals surface area (Å²) in [5, 5.41) is 6.93. The Morgan fingerprint density at radius 2 is 2.19 bits per heavy atom. The number of aromatic nitrogens is 2. The molecule has 1 N–H and O–H groups in total. The van der Waals surface area contributed by atoms with Crippen molar-refractivity contribution in [3.8, 4) is 11.3 Å². The summed E-state index contributed by atoms with van der Waals surface area (Å²) in [5.41, 5.74) is 2.71. The third-order valence-corrected chi connectivity index (χ3v) is 2.82. The molecule has 3 rings (SSSR count). The van der Waals surface area contributed by atoms with Gasteiger partial charge in [-0.3, -0.25) is 9.89 Å². The van der Waals surface area contributed by atoms with E-state index in [1.807, 2.05) is 0 Å². The molecule has 1 aliphatic rings. The van der Waals surface area contributed by atoms with Gasteiger partial charge in [0.1, 0.15) is 11.5 Å². The van der Waals surface area contributed by atoms with E-state index in [-0.39, 0.29) is 11.6 Å². The molecular weight excluding hydrogens is 207 g/mol. The lowest BCUT2D eigenvalue weighted by Gasteiger charge is -1.98. The molecule has 0 radical (unpaired) electrons. The second-order valence-corrected chi connectivity index (χ2v) is 3.86. The Kier molecular flexibility index (Phi) is 1.89. The van der Waals surface area contributed by atoms with Gasteiger partial charge in [-0.15, -0.1) is 0 Å². The van der Waals surface area contributed by atoms with Crippen LogP contribution >= 0.6 is 0 Å². The minimum atomic E-state index is -0.320. The highest BCUT2D eigenvalue weighted by atomic mass is 19.1. The zero-order chi connectivity index (χ0) is 11.1. The van der Waals surface area contributed by atoms with E-state index in [0.29, 0.717) is 29.7 Å². The number of aromatic amines is 1. The molecule has 2 aromatic rings. The van der Waals surface area contributed by atoms with Crippen molar-refractivity contribution >= 4 is 5.78 Å². The van der Waals surface area contributed by atoms with Crippen LogP contribution in [0.4, 0.5) is 4.39 Å². The number of Topliss-reactive ketones (excluding diaryl/α,β-unsaturated/α-hetero) is 1. The van der Waals surface area contributed by atoms with Gasteiger partial charge in [-0.2, -0.15) is 5.10 Å². The molecule has 80 valence electrons. The fourth-order valence-electron chi connectivity index (χ4n) is 2.07. The number of nitrogens with zero attached hydrogens (tertiary/aromatic N) is 1. The summed E-state index contributed by atoms with van der Waals surface area (Å²) in [6.45, 7) is 0. The van der Waals surface area contributed by atoms with Crippen LogP contribution in [0.2, 0.25) is 0 Å². The number of benzene rings is 1. The van der Waals surface area contributed by atoms with E-state index in [0.717, 1.165) is 5.69 Å². The Labute approximate surface area is 91.3 Å². The highest BCUT2D eigenvalue weighted by Gasteiger charge is 2.26. The third-order valence-electron chi connectivity index (χ3n) is 2.82. The molecule has 4 heteroatoms. The highest BCUT2D eigenvalue weighted by molar-refractivity contribution is 6.05. The number of halogens is 1. The lowest BCUT2D eigenvalue weighted by atomic mass is 10.1. The van der Waals surface area contributed by atoms with E-state index in [4.69, 9.17) is 0 Å². The molecule has 0 atom stereocenters. The van der Waals surface area contributed by atoms with Gasteiger partial charge in [-0.05, 0) is 18.6 Å². The lowest BCUT2D eigenvalue weighted by molar-refractivity contribution is 0.0995. The Bertz CT molecular complexity index is 574. The minimum absolute atomic E-state index is 0.0861. The number of aryl methyl sites for hydroxylation is 1. The number of hydrogen-bond donors (Lipinski definition) is 1. The number of hydrogen-bond acceptors (Lipinski definition) is 2. The molecule has 0 saturated heterocycles. The average Bonchev–Trinajstić information content (AvgIpc) is 2.82. The van der Waals surface area contributed by atoms with E-state index in [2.05, 4.69) is 10.2 Å². The van der Waals surface area contributed by atoms with Crippen molar-refractivity contribution in [1.82, 2.24) is 10.2 Å². The quantitative estimate of drug-likeness (QED) is 0.795. The van der Waals surface area contributed by atoms with Crippen LogP contribution in [0, 0.1) is 5.82 Å². The van der Waals surface area contributed by atoms with Gasteiger partial charge in [0.2, 0.25) is 0 Å². The lowest BCUT2D eigenvalue weighted by Crippen LogP contribution is -1.94. The molecule has 1 aromatic carbocycles. The number of fused-ring (bicyclic) bond motifs is 1.